The standard InChI is InChI=1S/C7F16NO4S2/c8-1(9,4(14,15)16)2(10,11)6(20,21)29(25,26)24-30(27,28)7(22,23)3(12,13)5(17,18)19/q-1. The molecule has 0 saturated heterocycles. The molecular formula is C7F16NO4S2-. The number of rotatable bonds is 7. The van der Waals surface area contributed by atoms with Crippen LogP contribution in [0.5, 0.6) is 0 Å². The zero-order valence-electron chi connectivity index (χ0n) is 12.4. The fourth-order valence-corrected chi connectivity index (χ4v) is 3.75. The number of sulfonamides is 2. The lowest BCUT2D eigenvalue weighted by Crippen LogP contribution is -2.63. The van der Waals surface area contributed by atoms with Crippen molar-refractivity contribution in [1.29, 1.82) is 0 Å². The van der Waals surface area contributed by atoms with E-state index in [1.165, 1.54) is 0 Å². The van der Waals surface area contributed by atoms with E-state index in [0.717, 1.165) is 0 Å². The fourth-order valence-electron chi connectivity index (χ4n) is 1.07. The minimum atomic E-state index is -8.61. The third kappa shape index (κ3) is 3.86. The van der Waals surface area contributed by atoms with Crippen molar-refractivity contribution in [3.63, 3.8) is 0 Å². The number of halogens is 16. The highest BCUT2D eigenvalue weighted by molar-refractivity contribution is 8.13. The molecule has 0 radical (unpaired) electrons. The van der Waals surface area contributed by atoms with E-state index in [2.05, 4.69) is 0 Å². The Morgan fingerprint density at radius 3 is 0.867 bits per heavy atom. The van der Waals surface area contributed by atoms with Gasteiger partial charge in [-0.3, -0.25) is 0 Å². The summed E-state index contributed by atoms with van der Waals surface area (Å²) in [4.78, 5) is 0. The van der Waals surface area contributed by atoms with Crippen molar-refractivity contribution in [3.8, 4) is 0 Å². The van der Waals surface area contributed by atoms with Crippen LogP contribution in [-0.2, 0) is 20.0 Å². The SMILES string of the molecule is O=S(=O)([N-]S(=O)(=O)C(F)(F)C(F)(F)C(F)(F)C(F)(F)F)C(F)(F)C(F)(F)C(F)(F)F. The molecule has 0 aliphatic carbocycles. The quantitative estimate of drug-likeness (QED) is 0.462. The highest BCUT2D eigenvalue weighted by Gasteiger charge is 2.84. The minimum Gasteiger partial charge on any atom is -0.425 e. The third-order valence-electron chi connectivity index (χ3n) is 2.68. The smallest absolute Gasteiger partial charge is 0.425 e. The fraction of sp³-hybridized carbons (Fsp3) is 1.00. The van der Waals surface area contributed by atoms with Gasteiger partial charge in [0.2, 0.25) is 0 Å². The van der Waals surface area contributed by atoms with Gasteiger partial charge in [0.25, 0.3) is 0 Å². The molecule has 0 unspecified atom stereocenters. The lowest BCUT2D eigenvalue weighted by atomic mass is 10.1. The van der Waals surface area contributed by atoms with Crippen molar-refractivity contribution >= 4 is 20.0 Å². The second-order valence-corrected chi connectivity index (χ2v) is 8.30. The van der Waals surface area contributed by atoms with Gasteiger partial charge in [-0.05, 0) is 0 Å². The molecular weight excluding hydrogens is 530 g/mol. The zero-order valence-corrected chi connectivity index (χ0v) is 14.1. The maximum Gasteiger partial charge on any atom is 0.461 e. The Kier molecular flexibility index (Phi) is 6.58. The van der Waals surface area contributed by atoms with Crippen LogP contribution in [0.1, 0.15) is 0 Å². The van der Waals surface area contributed by atoms with Crippen LogP contribution in [0.3, 0.4) is 0 Å². The van der Waals surface area contributed by atoms with Gasteiger partial charge in [-0.1, -0.05) is 0 Å². The maximum atomic E-state index is 13.1. The number of nitrogens with zero attached hydrogens (tertiary/aromatic N) is 1. The van der Waals surface area contributed by atoms with Crippen LogP contribution in [0.2, 0.25) is 0 Å². The molecule has 0 heterocycles. The highest BCUT2D eigenvalue weighted by Crippen LogP contribution is 2.57. The molecule has 0 aromatic rings. The molecule has 0 bridgehead atoms. The topological polar surface area (TPSA) is 82.4 Å². The molecule has 0 aliphatic rings. The summed E-state index contributed by atoms with van der Waals surface area (Å²) >= 11 is 0. The summed E-state index contributed by atoms with van der Waals surface area (Å²) in [5.74, 6) is -24.1. The first-order valence-electron chi connectivity index (χ1n) is 5.71. The molecule has 0 N–H and O–H groups in total. The average Bonchev–Trinajstić information content (AvgIpc) is 2.42. The minimum absolute atomic E-state index is 0.00957. The van der Waals surface area contributed by atoms with Gasteiger partial charge in [0.1, 0.15) is 0 Å². The average molecular weight is 530 g/mol. The van der Waals surface area contributed by atoms with Gasteiger partial charge in [0.05, 0.1) is 0 Å². The van der Waals surface area contributed by atoms with Gasteiger partial charge in [0.15, 0.2) is 20.0 Å². The maximum absolute atomic E-state index is 13.1. The summed E-state index contributed by atoms with van der Waals surface area (Å²) in [6, 6.07) is 0. The molecule has 0 amide bonds. The van der Waals surface area contributed by atoms with Crippen molar-refractivity contribution < 1.29 is 87.1 Å². The molecule has 0 fully saturated rings. The lowest BCUT2D eigenvalue weighted by Gasteiger charge is -2.38. The summed E-state index contributed by atoms with van der Waals surface area (Å²) in [7, 11) is -17.1. The molecule has 5 nitrogen and oxygen atoms in total. The van der Waals surface area contributed by atoms with E-state index >= 15 is 0 Å². The van der Waals surface area contributed by atoms with E-state index in [1.54, 1.807) is 0 Å². The Hall–Kier alpha value is -1.26. The monoisotopic (exact) mass is 530 g/mol. The van der Waals surface area contributed by atoms with Crippen LogP contribution < -0.4 is 0 Å². The summed E-state index contributed by atoms with van der Waals surface area (Å²) in [5, 5.41) is -15.9. The van der Waals surface area contributed by atoms with Gasteiger partial charge >= 0.3 is 40.6 Å². The van der Waals surface area contributed by atoms with E-state index in [-0.39, 0.29) is 4.13 Å². The van der Waals surface area contributed by atoms with Crippen LogP contribution in [-0.4, -0.2) is 57.5 Å². The van der Waals surface area contributed by atoms with E-state index in [0.29, 0.717) is 0 Å². The molecule has 23 heteroatoms. The highest BCUT2D eigenvalue weighted by atomic mass is 32.3. The van der Waals surface area contributed by atoms with Gasteiger partial charge in [-0.25, -0.2) is 16.8 Å². The van der Waals surface area contributed by atoms with Crippen LogP contribution in [0.25, 0.3) is 4.13 Å². The number of hydrogen-bond acceptors (Lipinski definition) is 4. The van der Waals surface area contributed by atoms with Gasteiger partial charge in [0, 0.05) is 0 Å². The Bertz CT molecular complexity index is 866. The van der Waals surface area contributed by atoms with Crippen molar-refractivity contribution in [2.24, 2.45) is 0 Å². The first-order chi connectivity index (χ1) is 12.5. The van der Waals surface area contributed by atoms with E-state index in [9.17, 15) is 87.1 Å². The zero-order chi connectivity index (χ0) is 25.2. The van der Waals surface area contributed by atoms with Crippen LogP contribution in [0, 0.1) is 0 Å². The normalized spacial score (nSPS) is 16.7. The van der Waals surface area contributed by atoms with Gasteiger partial charge < -0.3 is 4.13 Å². The van der Waals surface area contributed by atoms with Crippen molar-refractivity contribution in [1.82, 2.24) is 0 Å². The molecule has 0 rings (SSSR count). The molecule has 0 atom stereocenters. The largest absolute Gasteiger partial charge is 0.461 e. The Labute approximate surface area is 153 Å². The molecule has 0 saturated carbocycles. The summed E-state index contributed by atoms with van der Waals surface area (Å²) in [6.07, 6.45) is -15.3. The summed E-state index contributed by atoms with van der Waals surface area (Å²) in [6.45, 7) is 0. The predicted molar refractivity (Wildman–Crippen MR) is 58.0 cm³/mol. The summed E-state index contributed by atoms with van der Waals surface area (Å²) in [5.41, 5.74) is 0. The van der Waals surface area contributed by atoms with E-state index < -0.39 is 60.7 Å². The molecule has 30 heavy (non-hydrogen) atoms. The van der Waals surface area contributed by atoms with Crippen molar-refractivity contribution in [3.05, 3.63) is 4.13 Å². The Morgan fingerprint density at radius 2 is 0.633 bits per heavy atom. The molecule has 0 spiro atoms. The molecule has 182 valence electrons. The molecule has 0 aliphatic heterocycles. The Morgan fingerprint density at radius 1 is 0.400 bits per heavy atom. The first kappa shape index (κ1) is 28.7. The number of alkyl halides is 16. The first-order valence-corrected chi connectivity index (χ1v) is 8.59. The second-order valence-electron chi connectivity index (χ2n) is 4.78. The second kappa shape index (κ2) is 6.87. The van der Waals surface area contributed by atoms with Crippen LogP contribution in [0.15, 0.2) is 0 Å². The van der Waals surface area contributed by atoms with Crippen LogP contribution >= 0.6 is 0 Å². The van der Waals surface area contributed by atoms with Crippen molar-refractivity contribution in [2.75, 3.05) is 0 Å². The Balaban J connectivity index is 6.57. The number of hydrogen-bond donors (Lipinski definition) is 0. The molecule has 0 aromatic carbocycles. The van der Waals surface area contributed by atoms with Crippen molar-refractivity contribution in [2.45, 2.75) is 40.6 Å². The molecule has 0 aromatic heterocycles. The van der Waals surface area contributed by atoms with Gasteiger partial charge in [-0.2, -0.15) is 70.2 Å². The summed E-state index contributed by atoms with van der Waals surface area (Å²) < 4.78 is 242. The van der Waals surface area contributed by atoms with E-state index in [4.69, 9.17) is 0 Å². The third-order valence-corrected chi connectivity index (χ3v) is 6.06. The predicted octanol–water partition coefficient (Wildman–Crippen LogP) is 4.24. The van der Waals surface area contributed by atoms with E-state index in [1.807, 2.05) is 0 Å². The lowest BCUT2D eigenvalue weighted by molar-refractivity contribution is -0.382. The van der Waals surface area contributed by atoms with Gasteiger partial charge in [-0.15, -0.1) is 0 Å². The van der Waals surface area contributed by atoms with Crippen LogP contribution in [0.4, 0.5) is 70.2 Å².